The highest BCUT2D eigenvalue weighted by Crippen LogP contribution is 2.14. The van der Waals surface area contributed by atoms with Crippen LogP contribution in [0, 0.1) is 0 Å². The fourth-order valence-electron chi connectivity index (χ4n) is 1.76. The fraction of sp³-hybridized carbons (Fsp3) is 0.154. The Hall–Kier alpha value is -2.21. The second-order valence-corrected chi connectivity index (χ2v) is 4.33. The minimum absolute atomic E-state index is 0.0949. The zero-order valence-electron chi connectivity index (χ0n) is 10.4. The molecular weight excluding hydrogens is 262 g/mol. The van der Waals surface area contributed by atoms with E-state index in [0.717, 1.165) is 5.56 Å². The van der Waals surface area contributed by atoms with E-state index in [4.69, 9.17) is 22.7 Å². The van der Waals surface area contributed by atoms with Gasteiger partial charge < -0.3 is 15.0 Å². The van der Waals surface area contributed by atoms with E-state index >= 15 is 0 Å². The number of hydrogen-bond acceptors (Lipinski definition) is 4. The molecule has 0 atom stereocenters. The SMILES string of the molecule is COc1ncccc1Cn1cccc(C(N)=S)c1=O. The summed E-state index contributed by atoms with van der Waals surface area (Å²) in [7, 11) is 1.54. The summed E-state index contributed by atoms with van der Waals surface area (Å²) in [4.78, 5) is 16.3. The van der Waals surface area contributed by atoms with E-state index in [9.17, 15) is 4.79 Å². The molecule has 0 aliphatic heterocycles. The maximum Gasteiger partial charge on any atom is 0.261 e. The molecule has 0 amide bonds. The monoisotopic (exact) mass is 275 g/mol. The Bertz CT molecular complexity index is 667. The van der Waals surface area contributed by atoms with E-state index in [1.165, 1.54) is 4.57 Å². The first-order chi connectivity index (χ1) is 9.13. The Morgan fingerprint density at radius 3 is 2.95 bits per heavy atom. The average molecular weight is 275 g/mol. The summed E-state index contributed by atoms with van der Waals surface area (Å²) in [5.74, 6) is 0.495. The standard InChI is InChI=1S/C13H13N3O2S/c1-18-12-9(4-2-6-15-12)8-16-7-3-5-10(11(14)19)13(16)17/h2-7H,8H2,1H3,(H2,14,19). The van der Waals surface area contributed by atoms with Crippen molar-refractivity contribution in [3.63, 3.8) is 0 Å². The molecule has 2 N–H and O–H groups in total. The summed E-state index contributed by atoms with van der Waals surface area (Å²) in [6.07, 6.45) is 3.31. The number of nitrogens with two attached hydrogens (primary N) is 1. The first-order valence-corrected chi connectivity index (χ1v) is 6.01. The highest BCUT2D eigenvalue weighted by Gasteiger charge is 2.08. The van der Waals surface area contributed by atoms with Gasteiger partial charge in [-0.15, -0.1) is 0 Å². The van der Waals surface area contributed by atoms with E-state index in [-0.39, 0.29) is 10.5 Å². The summed E-state index contributed by atoms with van der Waals surface area (Å²) in [6.45, 7) is 0.353. The van der Waals surface area contributed by atoms with Crippen molar-refractivity contribution in [1.29, 1.82) is 0 Å². The molecule has 0 saturated heterocycles. The van der Waals surface area contributed by atoms with Gasteiger partial charge >= 0.3 is 0 Å². The first kappa shape index (κ1) is 13.2. The van der Waals surface area contributed by atoms with Crippen molar-refractivity contribution in [2.75, 3.05) is 7.11 Å². The molecule has 2 rings (SSSR count). The van der Waals surface area contributed by atoms with Crippen molar-refractivity contribution in [2.45, 2.75) is 6.54 Å². The maximum absolute atomic E-state index is 12.1. The molecule has 98 valence electrons. The Kier molecular flexibility index (Phi) is 3.91. The molecule has 0 spiro atoms. The van der Waals surface area contributed by atoms with Crippen LogP contribution in [0.5, 0.6) is 5.88 Å². The quantitative estimate of drug-likeness (QED) is 0.841. The van der Waals surface area contributed by atoms with Gasteiger partial charge in [-0.3, -0.25) is 4.79 Å². The molecule has 0 unspecified atom stereocenters. The lowest BCUT2D eigenvalue weighted by molar-refractivity contribution is 0.391. The van der Waals surface area contributed by atoms with E-state index in [1.807, 2.05) is 6.07 Å². The average Bonchev–Trinajstić information content (AvgIpc) is 2.41. The number of pyridine rings is 2. The molecular formula is C13H13N3O2S. The Morgan fingerprint density at radius 2 is 2.26 bits per heavy atom. The van der Waals surface area contributed by atoms with Crippen LogP contribution in [0.4, 0.5) is 0 Å². The third kappa shape index (κ3) is 2.79. The van der Waals surface area contributed by atoms with Crippen LogP contribution in [-0.2, 0) is 6.54 Å². The van der Waals surface area contributed by atoms with Crippen LogP contribution in [0.15, 0.2) is 41.5 Å². The fourth-order valence-corrected chi connectivity index (χ4v) is 1.92. The van der Waals surface area contributed by atoms with E-state index < -0.39 is 0 Å². The normalized spacial score (nSPS) is 10.2. The van der Waals surface area contributed by atoms with Gasteiger partial charge in [0.15, 0.2) is 0 Å². The third-order valence-corrected chi connectivity index (χ3v) is 2.89. The minimum atomic E-state index is -0.221. The molecule has 19 heavy (non-hydrogen) atoms. The maximum atomic E-state index is 12.1. The molecule has 0 aliphatic carbocycles. The van der Waals surface area contributed by atoms with E-state index in [2.05, 4.69) is 4.98 Å². The summed E-state index contributed by atoms with van der Waals surface area (Å²) in [5.41, 5.74) is 6.44. The van der Waals surface area contributed by atoms with Gasteiger partial charge in [0.25, 0.3) is 5.56 Å². The molecule has 0 radical (unpaired) electrons. The van der Waals surface area contributed by atoms with Crippen LogP contribution in [-0.4, -0.2) is 21.6 Å². The molecule has 2 heterocycles. The van der Waals surface area contributed by atoms with Crippen molar-refractivity contribution in [3.05, 3.63) is 58.1 Å². The Balaban J connectivity index is 2.42. The molecule has 0 saturated carbocycles. The van der Waals surface area contributed by atoms with Crippen molar-refractivity contribution >= 4 is 17.2 Å². The smallest absolute Gasteiger partial charge is 0.261 e. The zero-order chi connectivity index (χ0) is 13.8. The molecule has 0 fully saturated rings. The predicted octanol–water partition coefficient (Wildman–Crippen LogP) is 0.934. The van der Waals surface area contributed by atoms with Gasteiger partial charge in [-0.2, -0.15) is 0 Å². The van der Waals surface area contributed by atoms with E-state index in [1.54, 1.807) is 37.7 Å². The molecule has 6 heteroatoms. The van der Waals surface area contributed by atoms with Crippen LogP contribution in [0.1, 0.15) is 11.1 Å². The van der Waals surface area contributed by atoms with E-state index in [0.29, 0.717) is 18.0 Å². The topological polar surface area (TPSA) is 70.1 Å². The van der Waals surface area contributed by atoms with Crippen molar-refractivity contribution in [3.8, 4) is 5.88 Å². The number of hydrogen-bond donors (Lipinski definition) is 1. The second-order valence-electron chi connectivity index (χ2n) is 3.89. The summed E-state index contributed by atoms with van der Waals surface area (Å²) >= 11 is 4.85. The third-order valence-electron chi connectivity index (χ3n) is 2.67. The lowest BCUT2D eigenvalue weighted by Crippen LogP contribution is -2.28. The predicted molar refractivity (Wildman–Crippen MR) is 76.5 cm³/mol. The van der Waals surface area contributed by atoms with Gasteiger partial charge in [-0.05, 0) is 18.2 Å². The van der Waals surface area contributed by atoms with Crippen molar-refractivity contribution in [2.24, 2.45) is 5.73 Å². The van der Waals surface area contributed by atoms with Gasteiger partial charge in [0.2, 0.25) is 5.88 Å². The van der Waals surface area contributed by atoms with Crippen LogP contribution in [0.3, 0.4) is 0 Å². The summed E-state index contributed by atoms with van der Waals surface area (Å²) < 4.78 is 6.68. The van der Waals surface area contributed by atoms with Gasteiger partial charge in [0.1, 0.15) is 4.99 Å². The Morgan fingerprint density at radius 1 is 1.47 bits per heavy atom. The van der Waals surface area contributed by atoms with Crippen LogP contribution >= 0.6 is 12.2 Å². The highest BCUT2D eigenvalue weighted by atomic mass is 32.1. The van der Waals surface area contributed by atoms with Gasteiger partial charge in [0, 0.05) is 18.0 Å². The molecule has 0 aliphatic rings. The molecule has 0 bridgehead atoms. The lowest BCUT2D eigenvalue weighted by atomic mass is 10.2. The van der Waals surface area contributed by atoms with Crippen LogP contribution < -0.4 is 16.0 Å². The number of aromatic nitrogens is 2. The Labute approximate surface area is 115 Å². The molecule has 0 aromatic carbocycles. The van der Waals surface area contributed by atoms with Crippen LogP contribution in [0.2, 0.25) is 0 Å². The lowest BCUT2D eigenvalue weighted by Gasteiger charge is -2.10. The van der Waals surface area contributed by atoms with Crippen molar-refractivity contribution in [1.82, 2.24) is 9.55 Å². The van der Waals surface area contributed by atoms with Gasteiger partial charge in [0.05, 0.1) is 19.2 Å². The first-order valence-electron chi connectivity index (χ1n) is 5.60. The second kappa shape index (κ2) is 5.62. The number of thiocarbonyl (C=S) groups is 1. The minimum Gasteiger partial charge on any atom is -0.481 e. The van der Waals surface area contributed by atoms with Gasteiger partial charge in [-0.1, -0.05) is 18.3 Å². The summed E-state index contributed by atoms with van der Waals surface area (Å²) in [5, 5.41) is 0. The summed E-state index contributed by atoms with van der Waals surface area (Å²) in [6, 6.07) is 6.99. The van der Waals surface area contributed by atoms with Crippen molar-refractivity contribution < 1.29 is 4.74 Å². The zero-order valence-corrected chi connectivity index (χ0v) is 11.2. The highest BCUT2D eigenvalue weighted by molar-refractivity contribution is 7.80. The number of methoxy groups -OCH3 is 1. The van der Waals surface area contributed by atoms with Crippen LogP contribution in [0.25, 0.3) is 0 Å². The number of rotatable bonds is 4. The van der Waals surface area contributed by atoms with Gasteiger partial charge in [-0.25, -0.2) is 4.98 Å². The number of nitrogens with zero attached hydrogens (tertiary/aromatic N) is 2. The molecule has 5 nitrogen and oxygen atoms in total. The largest absolute Gasteiger partial charge is 0.481 e. The molecule has 2 aromatic rings. The molecule has 2 aromatic heterocycles. The number of ether oxygens (including phenoxy) is 1.